The van der Waals surface area contributed by atoms with Crippen molar-refractivity contribution in [2.75, 3.05) is 20.1 Å². The Hall–Kier alpha value is -0.570. The van der Waals surface area contributed by atoms with Crippen LogP contribution in [0.25, 0.3) is 0 Å². The monoisotopic (exact) mass is 294 g/mol. The Morgan fingerprint density at radius 3 is 2.65 bits per heavy atom. The zero-order valence-electron chi connectivity index (χ0n) is 12.9. The van der Waals surface area contributed by atoms with Gasteiger partial charge in [-0.2, -0.15) is 0 Å². The highest BCUT2D eigenvalue weighted by Gasteiger charge is 2.24. The van der Waals surface area contributed by atoms with E-state index in [1.54, 1.807) is 0 Å². The Bertz CT molecular complexity index is 404. The van der Waals surface area contributed by atoms with Crippen molar-refractivity contribution in [3.8, 4) is 0 Å². The molecule has 2 nitrogen and oxygen atoms in total. The van der Waals surface area contributed by atoms with Gasteiger partial charge in [-0.25, -0.2) is 0 Å². The quantitative estimate of drug-likeness (QED) is 0.879. The van der Waals surface area contributed by atoms with Crippen molar-refractivity contribution in [2.24, 2.45) is 5.92 Å². The number of likely N-dealkylation sites (tertiary alicyclic amines) is 1. The maximum absolute atomic E-state index is 5.96. The molecule has 3 atom stereocenters. The van der Waals surface area contributed by atoms with Gasteiger partial charge in [-0.05, 0) is 63.4 Å². The minimum absolute atomic E-state index is 0.414. The van der Waals surface area contributed by atoms with E-state index in [4.69, 9.17) is 11.6 Å². The Labute approximate surface area is 128 Å². The molecule has 3 heteroatoms. The molecular formula is C17H27ClN2. The molecule has 1 aliphatic rings. The van der Waals surface area contributed by atoms with Crippen LogP contribution in [-0.4, -0.2) is 31.1 Å². The zero-order chi connectivity index (χ0) is 14.5. The molecule has 20 heavy (non-hydrogen) atoms. The molecule has 0 amide bonds. The van der Waals surface area contributed by atoms with E-state index < -0.39 is 0 Å². The second kappa shape index (κ2) is 7.44. The van der Waals surface area contributed by atoms with Gasteiger partial charge in [0.25, 0.3) is 0 Å². The van der Waals surface area contributed by atoms with Crippen LogP contribution in [0.4, 0.5) is 0 Å². The van der Waals surface area contributed by atoms with Crippen LogP contribution < -0.4 is 5.32 Å². The number of rotatable bonds is 5. The zero-order valence-corrected chi connectivity index (χ0v) is 13.7. The molecule has 0 bridgehead atoms. The minimum atomic E-state index is 0.414. The molecule has 1 aromatic rings. The van der Waals surface area contributed by atoms with Gasteiger partial charge in [0.15, 0.2) is 0 Å². The topological polar surface area (TPSA) is 15.3 Å². The van der Waals surface area contributed by atoms with E-state index in [9.17, 15) is 0 Å². The van der Waals surface area contributed by atoms with Gasteiger partial charge in [0, 0.05) is 23.7 Å². The smallest absolute Gasteiger partial charge is 0.0406 e. The standard InChI is InChI=1S/C17H27ClN2/c1-13-5-4-11-20(14(13)2)12-10-17(19-3)15-6-8-16(18)9-7-15/h6-9,13-14,17,19H,4-5,10-12H2,1-3H3. The Morgan fingerprint density at radius 2 is 2.00 bits per heavy atom. The normalized spacial score (nSPS) is 25.6. The highest BCUT2D eigenvalue weighted by atomic mass is 35.5. The average Bonchev–Trinajstić information content (AvgIpc) is 2.45. The molecular weight excluding hydrogens is 268 g/mol. The van der Waals surface area contributed by atoms with Crippen LogP contribution in [0.15, 0.2) is 24.3 Å². The first-order valence-electron chi connectivity index (χ1n) is 7.78. The summed E-state index contributed by atoms with van der Waals surface area (Å²) in [4.78, 5) is 2.65. The molecule has 0 aromatic heterocycles. The number of nitrogens with zero attached hydrogens (tertiary/aromatic N) is 1. The first kappa shape index (κ1) is 15.8. The molecule has 0 spiro atoms. The Balaban J connectivity index is 1.92. The fraction of sp³-hybridized carbons (Fsp3) is 0.647. The van der Waals surface area contributed by atoms with Gasteiger partial charge in [0.2, 0.25) is 0 Å². The molecule has 0 aliphatic carbocycles. The fourth-order valence-corrected chi connectivity index (χ4v) is 3.33. The van der Waals surface area contributed by atoms with Crippen molar-refractivity contribution in [1.82, 2.24) is 10.2 Å². The van der Waals surface area contributed by atoms with Gasteiger partial charge in [0.1, 0.15) is 0 Å². The lowest BCUT2D eigenvalue weighted by molar-refractivity contribution is 0.109. The maximum Gasteiger partial charge on any atom is 0.0406 e. The second-order valence-corrected chi connectivity index (χ2v) is 6.51. The summed E-state index contributed by atoms with van der Waals surface area (Å²) in [6.07, 6.45) is 3.87. The predicted octanol–water partition coefficient (Wildman–Crippen LogP) is 4.11. The molecule has 1 aliphatic heterocycles. The summed E-state index contributed by atoms with van der Waals surface area (Å²) in [5.41, 5.74) is 1.33. The van der Waals surface area contributed by atoms with Crippen molar-refractivity contribution in [1.29, 1.82) is 0 Å². The number of piperidine rings is 1. The molecule has 112 valence electrons. The third kappa shape index (κ3) is 3.97. The maximum atomic E-state index is 5.96. The number of hydrogen-bond acceptors (Lipinski definition) is 2. The molecule has 1 heterocycles. The number of halogens is 1. The van der Waals surface area contributed by atoms with Crippen LogP contribution >= 0.6 is 11.6 Å². The predicted molar refractivity (Wildman–Crippen MR) is 87.3 cm³/mol. The molecule has 1 aromatic carbocycles. The lowest BCUT2D eigenvalue weighted by atomic mass is 9.91. The third-order valence-corrected chi connectivity index (χ3v) is 5.08. The van der Waals surface area contributed by atoms with E-state index in [-0.39, 0.29) is 0 Å². The molecule has 0 saturated carbocycles. The average molecular weight is 295 g/mol. The van der Waals surface area contributed by atoms with Crippen LogP contribution in [0.5, 0.6) is 0 Å². The SMILES string of the molecule is CNC(CCN1CCCC(C)C1C)c1ccc(Cl)cc1. The van der Waals surface area contributed by atoms with Crippen molar-refractivity contribution >= 4 is 11.6 Å². The van der Waals surface area contributed by atoms with Crippen LogP contribution in [0.3, 0.4) is 0 Å². The van der Waals surface area contributed by atoms with Crippen molar-refractivity contribution in [2.45, 2.75) is 45.2 Å². The summed E-state index contributed by atoms with van der Waals surface area (Å²) in [6, 6.07) is 9.35. The summed E-state index contributed by atoms with van der Waals surface area (Å²) in [5, 5.41) is 4.24. The molecule has 2 rings (SSSR count). The van der Waals surface area contributed by atoms with Gasteiger partial charge >= 0.3 is 0 Å². The molecule has 1 N–H and O–H groups in total. The lowest BCUT2D eigenvalue weighted by Crippen LogP contribution is -2.43. The fourth-order valence-electron chi connectivity index (χ4n) is 3.20. The van der Waals surface area contributed by atoms with E-state index in [0.717, 1.165) is 17.4 Å². The second-order valence-electron chi connectivity index (χ2n) is 6.08. The van der Waals surface area contributed by atoms with Crippen molar-refractivity contribution in [3.05, 3.63) is 34.9 Å². The van der Waals surface area contributed by atoms with Crippen LogP contribution in [0.1, 0.15) is 44.7 Å². The van der Waals surface area contributed by atoms with Gasteiger partial charge in [-0.3, -0.25) is 0 Å². The minimum Gasteiger partial charge on any atom is -0.313 e. The van der Waals surface area contributed by atoms with E-state index in [0.29, 0.717) is 12.1 Å². The summed E-state index contributed by atoms with van der Waals surface area (Å²) < 4.78 is 0. The van der Waals surface area contributed by atoms with Gasteiger partial charge in [-0.1, -0.05) is 30.7 Å². The van der Waals surface area contributed by atoms with E-state index in [1.807, 2.05) is 19.2 Å². The Morgan fingerprint density at radius 1 is 1.30 bits per heavy atom. The highest BCUT2D eigenvalue weighted by molar-refractivity contribution is 6.30. The van der Waals surface area contributed by atoms with Crippen LogP contribution in [0.2, 0.25) is 5.02 Å². The van der Waals surface area contributed by atoms with Crippen molar-refractivity contribution < 1.29 is 0 Å². The van der Waals surface area contributed by atoms with Gasteiger partial charge in [0.05, 0.1) is 0 Å². The number of nitrogens with one attached hydrogen (secondary N) is 1. The number of hydrogen-bond donors (Lipinski definition) is 1. The summed E-state index contributed by atoms with van der Waals surface area (Å²) in [7, 11) is 2.04. The first-order chi connectivity index (χ1) is 9.61. The van der Waals surface area contributed by atoms with E-state index >= 15 is 0 Å². The summed E-state index contributed by atoms with van der Waals surface area (Å²) >= 11 is 5.96. The Kier molecular flexibility index (Phi) is 5.88. The highest BCUT2D eigenvalue weighted by Crippen LogP contribution is 2.25. The molecule has 0 radical (unpaired) electrons. The van der Waals surface area contributed by atoms with E-state index in [2.05, 4.69) is 36.2 Å². The summed E-state index contributed by atoms with van der Waals surface area (Å²) in [6.45, 7) is 7.17. The molecule has 1 fully saturated rings. The molecule has 3 unspecified atom stereocenters. The third-order valence-electron chi connectivity index (χ3n) is 4.83. The number of benzene rings is 1. The van der Waals surface area contributed by atoms with Gasteiger partial charge in [-0.15, -0.1) is 0 Å². The van der Waals surface area contributed by atoms with E-state index in [1.165, 1.54) is 31.5 Å². The van der Waals surface area contributed by atoms with Gasteiger partial charge < -0.3 is 10.2 Å². The summed E-state index contributed by atoms with van der Waals surface area (Å²) in [5.74, 6) is 0.826. The first-order valence-corrected chi connectivity index (χ1v) is 8.16. The van der Waals surface area contributed by atoms with Crippen LogP contribution in [0, 0.1) is 5.92 Å². The molecule has 1 saturated heterocycles. The van der Waals surface area contributed by atoms with Crippen molar-refractivity contribution in [3.63, 3.8) is 0 Å². The lowest BCUT2D eigenvalue weighted by Gasteiger charge is -2.38. The largest absolute Gasteiger partial charge is 0.313 e. The van der Waals surface area contributed by atoms with Crippen LogP contribution in [-0.2, 0) is 0 Å².